The summed E-state index contributed by atoms with van der Waals surface area (Å²) in [6.07, 6.45) is 3.59. The smallest absolute Gasteiger partial charge is 0.274 e. The molecule has 1 aliphatic heterocycles. The molecule has 2 rings (SSSR count). The van der Waals surface area contributed by atoms with E-state index >= 15 is 0 Å². The average Bonchev–Trinajstić information content (AvgIpc) is 2.91. The Balaban J connectivity index is 1.88. The zero-order chi connectivity index (χ0) is 13.7. The van der Waals surface area contributed by atoms with Gasteiger partial charge < -0.3 is 10.1 Å². The van der Waals surface area contributed by atoms with Crippen molar-refractivity contribution in [3.05, 3.63) is 39.9 Å². The van der Waals surface area contributed by atoms with E-state index in [1.54, 1.807) is 12.1 Å². The maximum atomic E-state index is 11.0. The third-order valence-electron chi connectivity index (χ3n) is 3.54. The van der Waals surface area contributed by atoms with E-state index in [0.29, 0.717) is 6.10 Å². The van der Waals surface area contributed by atoms with E-state index in [1.807, 2.05) is 19.1 Å². The van der Waals surface area contributed by atoms with Gasteiger partial charge in [0.1, 0.15) is 0 Å². The summed E-state index contributed by atoms with van der Waals surface area (Å²) in [6.45, 7) is 3.64. The van der Waals surface area contributed by atoms with Gasteiger partial charge in [-0.3, -0.25) is 10.1 Å². The number of ether oxygens (including phenoxy) is 1. The lowest BCUT2D eigenvalue weighted by Gasteiger charge is -2.16. The lowest BCUT2D eigenvalue weighted by Crippen LogP contribution is -2.23. The van der Waals surface area contributed by atoms with Crippen LogP contribution in [0.5, 0.6) is 0 Å². The third-order valence-corrected chi connectivity index (χ3v) is 3.54. The minimum atomic E-state index is -0.326. The van der Waals surface area contributed by atoms with E-state index in [0.717, 1.165) is 38.0 Å². The highest BCUT2D eigenvalue weighted by atomic mass is 16.6. The van der Waals surface area contributed by atoms with E-state index < -0.39 is 0 Å². The summed E-state index contributed by atoms with van der Waals surface area (Å²) in [7, 11) is 0. The Hall–Kier alpha value is -1.46. The Morgan fingerprint density at radius 2 is 2.32 bits per heavy atom. The maximum absolute atomic E-state index is 11.0. The summed E-state index contributed by atoms with van der Waals surface area (Å²) in [6, 6.07) is 6.86. The number of nitrogens with one attached hydrogen (secondary N) is 1. The van der Waals surface area contributed by atoms with Crippen molar-refractivity contribution in [3.63, 3.8) is 0 Å². The van der Waals surface area contributed by atoms with E-state index in [-0.39, 0.29) is 16.7 Å². The molecule has 0 amide bonds. The molecule has 0 spiro atoms. The molecule has 1 N–H and O–H groups in total. The van der Waals surface area contributed by atoms with Gasteiger partial charge in [-0.15, -0.1) is 0 Å². The minimum Gasteiger partial charge on any atom is -0.378 e. The van der Waals surface area contributed by atoms with E-state index in [9.17, 15) is 10.1 Å². The van der Waals surface area contributed by atoms with Crippen LogP contribution in [0.4, 0.5) is 5.69 Å². The van der Waals surface area contributed by atoms with Crippen molar-refractivity contribution in [1.29, 1.82) is 0 Å². The second-order valence-electron chi connectivity index (χ2n) is 4.92. The maximum Gasteiger partial charge on any atom is 0.274 e. The molecule has 1 heterocycles. The third kappa shape index (κ3) is 3.75. The quantitative estimate of drug-likeness (QED) is 0.634. The predicted octanol–water partition coefficient (Wildman–Crippen LogP) is 2.81. The predicted molar refractivity (Wildman–Crippen MR) is 73.1 cm³/mol. The SMILES string of the molecule is CC(NCCC1CCCO1)c1ccccc1[N+](=O)[O-]. The molecule has 0 radical (unpaired) electrons. The fourth-order valence-corrected chi connectivity index (χ4v) is 2.46. The van der Waals surface area contributed by atoms with E-state index in [4.69, 9.17) is 4.74 Å². The summed E-state index contributed by atoms with van der Waals surface area (Å²) in [5.41, 5.74) is 0.916. The minimum absolute atomic E-state index is 0.0250. The molecular weight excluding hydrogens is 244 g/mol. The lowest BCUT2D eigenvalue weighted by molar-refractivity contribution is -0.385. The van der Waals surface area contributed by atoms with Crippen molar-refractivity contribution in [2.45, 2.75) is 38.3 Å². The van der Waals surface area contributed by atoms with Crippen molar-refractivity contribution in [2.24, 2.45) is 0 Å². The van der Waals surface area contributed by atoms with Gasteiger partial charge in [0.05, 0.1) is 11.0 Å². The molecule has 5 nitrogen and oxygen atoms in total. The van der Waals surface area contributed by atoms with Gasteiger partial charge >= 0.3 is 0 Å². The van der Waals surface area contributed by atoms with Gasteiger partial charge in [-0.1, -0.05) is 18.2 Å². The summed E-state index contributed by atoms with van der Waals surface area (Å²) in [4.78, 5) is 10.6. The summed E-state index contributed by atoms with van der Waals surface area (Å²) in [5, 5.41) is 14.3. The zero-order valence-corrected chi connectivity index (χ0v) is 11.2. The van der Waals surface area contributed by atoms with Gasteiger partial charge in [0.2, 0.25) is 0 Å². The average molecular weight is 264 g/mol. The zero-order valence-electron chi connectivity index (χ0n) is 11.2. The van der Waals surface area contributed by atoms with Crippen LogP contribution < -0.4 is 5.32 Å². The van der Waals surface area contributed by atoms with Gasteiger partial charge in [-0.2, -0.15) is 0 Å². The number of hydrogen-bond donors (Lipinski definition) is 1. The summed E-state index contributed by atoms with van der Waals surface area (Å²) in [5.74, 6) is 0. The molecule has 0 saturated carbocycles. The molecule has 0 bridgehead atoms. The fourth-order valence-electron chi connectivity index (χ4n) is 2.46. The number of nitrogens with zero attached hydrogens (tertiary/aromatic N) is 1. The molecule has 1 aromatic carbocycles. The van der Waals surface area contributed by atoms with Crippen LogP contribution in [0.1, 0.15) is 37.8 Å². The number of nitro benzene ring substituents is 1. The molecule has 2 atom stereocenters. The highest BCUT2D eigenvalue weighted by Crippen LogP contribution is 2.24. The highest BCUT2D eigenvalue weighted by molar-refractivity contribution is 5.41. The van der Waals surface area contributed by atoms with Crippen molar-refractivity contribution in [3.8, 4) is 0 Å². The standard InChI is InChI=1S/C14H20N2O3/c1-11(15-9-8-12-5-4-10-19-12)13-6-2-3-7-14(13)16(17)18/h2-3,6-7,11-12,15H,4-5,8-10H2,1H3. The first-order chi connectivity index (χ1) is 9.18. The van der Waals surface area contributed by atoms with Crippen molar-refractivity contribution in [1.82, 2.24) is 5.32 Å². The Morgan fingerprint density at radius 3 is 3.00 bits per heavy atom. The largest absolute Gasteiger partial charge is 0.378 e. The molecule has 1 saturated heterocycles. The first-order valence-corrected chi connectivity index (χ1v) is 6.77. The van der Waals surface area contributed by atoms with Crippen LogP contribution in [0.2, 0.25) is 0 Å². The Kier molecular flexibility index (Phi) is 4.87. The van der Waals surface area contributed by atoms with Crippen molar-refractivity contribution >= 4 is 5.69 Å². The van der Waals surface area contributed by atoms with Crippen LogP contribution in [0.15, 0.2) is 24.3 Å². The van der Waals surface area contributed by atoms with Crippen LogP contribution in [0, 0.1) is 10.1 Å². The topological polar surface area (TPSA) is 64.4 Å². The van der Waals surface area contributed by atoms with Crippen LogP contribution in [0.25, 0.3) is 0 Å². The van der Waals surface area contributed by atoms with Crippen molar-refractivity contribution in [2.75, 3.05) is 13.2 Å². The van der Waals surface area contributed by atoms with E-state index in [1.165, 1.54) is 0 Å². The van der Waals surface area contributed by atoms with Gasteiger partial charge in [-0.05, 0) is 32.7 Å². The van der Waals surface area contributed by atoms with Crippen LogP contribution in [-0.2, 0) is 4.74 Å². The second-order valence-corrected chi connectivity index (χ2v) is 4.92. The molecule has 19 heavy (non-hydrogen) atoms. The number of nitro groups is 1. The molecule has 0 aromatic heterocycles. The fraction of sp³-hybridized carbons (Fsp3) is 0.571. The van der Waals surface area contributed by atoms with E-state index in [2.05, 4.69) is 5.32 Å². The first kappa shape index (κ1) is 14.0. The van der Waals surface area contributed by atoms with Crippen LogP contribution in [-0.4, -0.2) is 24.2 Å². The Labute approximate surface area is 113 Å². The molecule has 5 heteroatoms. The summed E-state index contributed by atoms with van der Waals surface area (Å²) < 4.78 is 5.55. The molecular formula is C14H20N2O3. The lowest BCUT2D eigenvalue weighted by atomic mass is 10.1. The molecule has 104 valence electrons. The van der Waals surface area contributed by atoms with Gasteiger partial charge in [0.15, 0.2) is 0 Å². The molecule has 1 aromatic rings. The Bertz CT molecular complexity index is 430. The molecule has 0 aliphatic carbocycles. The van der Waals surface area contributed by atoms with Crippen LogP contribution in [0.3, 0.4) is 0 Å². The van der Waals surface area contributed by atoms with Gasteiger partial charge in [0.25, 0.3) is 5.69 Å². The monoisotopic (exact) mass is 264 g/mol. The second kappa shape index (κ2) is 6.63. The Morgan fingerprint density at radius 1 is 1.53 bits per heavy atom. The normalized spacial score (nSPS) is 20.4. The summed E-state index contributed by atoms with van der Waals surface area (Å²) >= 11 is 0. The van der Waals surface area contributed by atoms with Gasteiger partial charge in [-0.25, -0.2) is 0 Å². The van der Waals surface area contributed by atoms with Crippen molar-refractivity contribution < 1.29 is 9.66 Å². The number of rotatable bonds is 6. The molecule has 1 aliphatic rings. The van der Waals surface area contributed by atoms with Crippen LogP contribution >= 0.6 is 0 Å². The number of para-hydroxylation sites is 1. The van der Waals surface area contributed by atoms with Gasteiger partial charge in [0, 0.05) is 24.3 Å². The number of hydrogen-bond acceptors (Lipinski definition) is 4. The molecule has 1 fully saturated rings. The molecule has 2 unspecified atom stereocenters. The first-order valence-electron chi connectivity index (χ1n) is 6.77. The number of benzene rings is 1. The highest BCUT2D eigenvalue weighted by Gasteiger charge is 2.19.